The van der Waals surface area contributed by atoms with Gasteiger partial charge < -0.3 is 24.8 Å². The van der Waals surface area contributed by atoms with Crippen LogP contribution in [0.1, 0.15) is 5.56 Å². The van der Waals surface area contributed by atoms with Crippen LogP contribution in [0.3, 0.4) is 0 Å². The highest BCUT2D eigenvalue weighted by Gasteiger charge is 2.17. The van der Waals surface area contributed by atoms with E-state index in [-0.39, 0.29) is 11.7 Å². The molecule has 2 heterocycles. The summed E-state index contributed by atoms with van der Waals surface area (Å²) >= 11 is 0. The molecule has 1 fully saturated rings. The molecular weight excluding hydrogens is 446 g/mol. The summed E-state index contributed by atoms with van der Waals surface area (Å²) in [7, 11) is 1.62. The number of rotatable bonds is 7. The van der Waals surface area contributed by atoms with Gasteiger partial charge in [0.25, 0.3) is 0 Å². The number of morpholine rings is 1. The molecule has 0 unspecified atom stereocenters. The van der Waals surface area contributed by atoms with E-state index in [4.69, 9.17) is 9.47 Å². The maximum atomic E-state index is 10.4. The summed E-state index contributed by atoms with van der Waals surface area (Å²) in [5.74, 6) is 2.06. The number of phenolic OH excluding ortho intramolecular Hbond substituents is 1. The summed E-state index contributed by atoms with van der Waals surface area (Å²) in [6, 6.07) is 18.8. The Morgan fingerprint density at radius 2 is 1.74 bits per heavy atom. The number of phenols is 1. The number of hydrazone groups is 1. The van der Waals surface area contributed by atoms with Crippen LogP contribution in [0.2, 0.25) is 0 Å². The van der Waals surface area contributed by atoms with Gasteiger partial charge in [-0.05, 0) is 41.1 Å². The normalized spacial score (nSPS) is 13.8. The molecule has 3 N–H and O–H groups in total. The van der Waals surface area contributed by atoms with Crippen molar-refractivity contribution in [1.82, 2.24) is 15.0 Å². The van der Waals surface area contributed by atoms with Crippen LogP contribution in [0.4, 0.5) is 23.5 Å². The van der Waals surface area contributed by atoms with Crippen molar-refractivity contribution in [2.45, 2.75) is 0 Å². The first-order valence-corrected chi connectivity index (χ1v) is 11.2. The average Bonchev–Trinajstić information content (AvgIpc) is 2.91. The molecule has 1 aliphatic heterocycles. The largest absolute Gasteiger partial charge is 0.507 e. The summed E-state index contributed by atoms with van der Waals surface area (Å²) in [6.07, 6.45) is 1.56. The van der Waals surface area contributed by atoms with Gasteiger partial charge in [-0.1, -0.05) is 30.3 Å². The van der Waals surface area contributed by atoms with Crippen molar-refractivity contribution in [2.75, 3.05) is 49.1 Å². The molecule has 5 rings (SSSR count). The molecule has 0 spiro atoms. The zero-order chi connectivity index (χ0) is 24.0. The van der Waals surface area contributed by atoms with Gasteiger partial charge in [-0.3, -0.25) is 0 Å². The number of fused-ring (bicyclic) bond motifs is 1. The first-order chi connectivity index (χ1) is 17.2. The van der Waals surface area contributed by atoms with Gasteiger partial charge in [0.1, 0.15) is 11.5 Å². The van der Waals surface area contributed by atoms with Crippen LogP contribution in [-0.2, 0) is 4.74 Å². The molecule has 35 heavy (non-hydrogen) atoms. The predicted molar refractivity (Wildman–Crippen MR) is 136 cm³/mol. The Kier molecular flexibility index (Phi) is 6.53. The van der Waals surface area contributed by atoms with E-state index in [1.807, 2.05) is 59.5 Å². The minimum Gasteiger partial charge on any atom is -0.507 e. The zero-order valence-corrected chi connectivity index (χ0v) is 19.2. The van der Waals surface area contributed by atoms with Crippen molar-refractivity contribution in [1.29, 1.82) is 0 Å². The van der Waals surface area contributed by atoms with Crippen molar-refractivity contribution >= 4 is 40.5 Å². The smallest absolute Gasteiger partial charge is 0.250 e. The molecule has 1 aromatic heterocycles. The fraction of sp³-hybridized carbons (Fsp3) is 0.200. The molecule has 0 saturated carbocycles. The van der Waals surface area contributed by atoms with Crippen LogP contribution in [0.25, 0.3) is 10.8 Å². The standard InChI is InChI=1S/C25H25N7O3/c1-34-19-9-7-18(8-10-19)27-23-28-24(30-25(29-23)32-12-14-35-15-13-32)31-26-16-21-20-5-3-2-4-17(20)6-11-22(21)33/h2-11,16,33H,12-15H2,1H3,(H2,27,28,29,30,31). The predicted octanol–water partition coefficient (Wildman–Crippen LogP) is 3.77. The van der Waals surface area contributed by atoms with E-state index in [1.54, 1.807) is 19.4 Å². The molecule has 0 amide bonds. The van der Waals surface area contributed by atoms with E-state index >= 15 is 0 Å². The highest BCUT2D eigenvalue weighted by molar-refractivity contribution is 6.02. The van der Waals surface area contributed by atoms with Gasteiger partial charge in [0.15, 0.2) is 0 Å². The maximum Gasteiger partial charge on any atom is 0.250 e. The summed E-state index contributed by atoms with van der Waals surface area (Å²) in [5.41, 5.74) is 4.30. The number of methoxy groups -OCH3 is 1. The molecule has 1 saturated heterocycles. The fourth-order valence-electron chi connectivity index (χ4n) is 3.75. The second-order valence-electron chi connectivity index (χ2n) is 7.83. The Morgan fingerprint density at radius 1 is 0.971 bits per heavy atom. The molecular formula is C25H25N7O3. The molecule has 4 aromatic rings. The second-order valence-corrected chi connectivity index (χ2v) is 7.83. The third-order valence-electron chi connectivity index (χ3n) is 5.57. The minimum absolute atomic E-state index is 0.140. The highest BCUT2D eigenvalue weighted by Crippen LogP contribution is 2.26. The Morgan fingerprint density at radius 3 is 2.54 bits per heavy atom. The van der Waals surface area contributed by atoms with Gasteiger partial charge in [0, 0.05) is 24.3 Å². The summed E-state index contributed by atoms with van der Waals surface area (Å²) < 4.78 is 10.7. The van der Waals surface area contributed by atoms with E-state index < -0.39 is 0 Å². The van der Waals surface area contributed by atoms with Crippen molar-refractivity contribution in [3.05, 3.63) is 66.2 Å². The van der Waals surface area contributed by atoms with Crippen LogP contribution in [0.5, 0.6) is 11.5 Å². The monoisotopic (exact) mass is 471 g/mol. The SMILES string of the molecule is COc1ccc(Nc2nc(NN=Cc3c(O)ccc4ccccc34)nc(N3CCOCC3)n2)cc1. The van der Waals surface area contributed by atoms with Gasteiger partial charge in [-0.25, -0.2) is 5.43 Å². The first-order valence-electron chi connectivity index (χ1n) is 11.2. The molecule has 3 aromatic carbocycles. The maximum absolute atomic E-state index is 10.4. The van der Waals surface area contributed by atoms with Crippen LogP contribution in [0, 0.1) is 0 Å². The van der Waals surface area contributed by atoms with Crippen LogP contribution < -0.4 is 20.4 Å². The second kappa shape index (κ2) is 10.2. The van der Waals surface area contributed by atoms with E-state index in [9.17, 15) is 5.11 Å². The third kappa shape index (κ3) is 5.22. The molecule has 0 aliphatic carbocycles. The van der Waals surface area contributed by atoms with E-state index in [0.29, 0.717) is 43.8 Å². The lowest BCUT2D eigenvalue weighted by atomic mass is 10.0. The van der Waals surface area contributed by atoms with Gasteiger partial charge >= 0.3 is 0 Å². The number of ether oxygens (including phenoxy) is 2. The summed E-state index contributed by atoms with van der Waals surface area (Å²) in [6.45, 7) is 2.57. The number of anilines is 4. The van der Waals surface area contributed by atoms with Gasteiger partial charge in [0.05, 0.1) is 26.5 Å². The molecule has 0 radical (unpaired) electrons. The van der Waals surface area contributed by atoms with Gasteiger partial charge in [0.2, 0.25) is 17.8 Å². The Labute approximate surface area is 202 Å². The van der Waals surface area contributed by atoms with Crippen molar-refractivity contribution in [3.8, 4) is 11.5 Å². The molecule has 10 nitrogen and oxygen atoms in total. The number of nitrogens with one attached hydrogen (secondary N) is 2. The summed E-state index contributed by atoms with van der Waals surface area (Å²) in [4.78, 5) is 15.6. The molecule has 10 heteroatoms. The Balaban J connectivity index is 1.42. The third-order valence-corrected chi connectivity index (χ3v) is 5.57. The molecule has 0 bridgehead atoms. The number of aromatic nitrogens is 3. The highest BCUT2D eigenvalue weighted by atomic mass is 16.5. The lowest BCUT2D eigenvalue weighted by Gasteiger charge is -2.27. The zero-order valence-electron chi connectivity index (χ0n) is 19.2. The molecule has 178 valence electrons. The number of nitrogens with zero attached hydrogens (tertiary/aromatic N) is 5. The minimum atomic E-state index is 0.140. The average molecular weight is 472 g/mol. The topological polar surface area (TPSA) is 117 Å². The number of hydrogen-bond acceptors (Lipinski definition) is 10. The molecule has 0 atom stereocenters. The van der Waals surface area contributed by atoms with Crippen LogP contribution in [-0.4, -0.2) is 59.7 Å². The van der Waals surface area contributed by atoms with E-state index in [0.717, 1.165) is 22.2 Å². The number of hydrogen-bond donors (Lipinski definition) is 3. The Bertz CT molecular complexity index is 1340. The number of aromatic hydroxyl groups is 1. The quantitative estimate of drug-likeness (QED) is 0.273. The van der Waals surface area contributed by atoms with Crippen LogP contribution >= 0.6 is 0 Å². The summed E-state index contributed by atoms with van der Waals surface area (Å²) in [5, 5.41) is 19.8. The molecule has 1 aliphatic rings. The van der Waals surface area contributed by atoms with Crippen molar-refractivity contribution in [3.63, 3.8) is 0 Å². The van der Waals surface area contributed by atoms with Gasteiger partial charge in [-0.2, -0.15) is 20.1 Å². The van der Waals surface area contributed by atoms with Crippen molar-refractivity contribution in [2.24, 2.45) is 5.10 Å². The van der Waals surface area contributed by atoms with Crippen LogP contribution in [0.15, 0.2) is 65.8 Å². The Hall–Kier alpha value is -4.44. The fourth-order valence-corrected chi connectivity index (χ4v) is 3.75. The van der Waals surface area contributed by atoms with E-state index in [2.05, 4.69) is 30.8 Å². The first kappa shape index (κ1) is 22.4. The van der Waals surface area contributed by atoms with E-state index in [1.165, 1.54) is 0 Å². The van der Waals surface area contributed by atoms with Gasteiger partial charge in [-0.15, -0.1) is 0 Å². The van der Waals surface area contributed by atoms with Crippen molar-refractivity contribution < 1.29 is 14.6 Å². The lowest BCUT2D eigenvalue weighted by molar-refractivity contribution is 0.122. The number of benzene rings is 3. The lowest BCUT2D eigenvalue weighted by Crippen LogP contribution is -2.37.